The van der Waals surface area contributed by atoms with Gasteiger partial charge in [0.15, 0.2) is 10.2 Å². The number of hydrogen-bond acceptors (Lipinski definition) is 5. The molecular weight excluding hydrogens is 354 g/mol. The summed E-state index contributed by atoms with van der Waals surface area (Å²) in [5, 5.41) is -0.125. The number of imidazole rings is 1. The van der Waals surface area contributed by atoms with E-state index in [1.165, 1.54) is 15.8 Å². The van der Waals surface area contributed by atoms with Gasteiger partial charge in [-0.05, 0) is 25.0 Å². The van der Waals surface area contributed by atoms with Crippen LogP contribution in [0.25, 0.3) is 5.65 Å². The first-order valence-corrected chi connectivity index (χ1v) is 9.48. The summed E-state index contributed by atoms with van der Waals surface area (Å²) in [6.45, 7) is 0.348. The van der Waals surface area contributed by atoms with Crippen molar-refractivity contribution < 1.29 is 17.9 Å². The summed E-state index contributed by atoms with van der Waals surface area (Å²) >= 11 is 6.12. The van der Waals surface area contributed by atoms with Crippen molar-refractivity contribution in [1.82, 2.24) is 13.7 Å². The molecule has 1 aliphatic rings. The number of esters is 1. The fourth-order valence-electron chi connectivity index (χ4n) is 3.06. The van der Waals surface area contributed by atoms with Crippen LogP contribution < -0.4 is 0 Å². The molecule has 0 amide bonds. The molecule has 1 aliphatic heterocycles. The smallest absolute Gasteiger partial charge is 0.307 e. The van der Waals surface area contributed by atoms with Gasteiger partial charge in [-0.2, -0.15) is 4.31 Å². The Morgan fingerprint density at radius 3 is 2.96 bits per heavy atom. The minimum absolute atomic E-state index is 0.0318. The van der Waals surface area contributed by atoms with Crippen LogP contribution >= 0.6 is 11.6 Å². The van der Waals surface area contributed by atoms with Gasteiger partial charge in [0.25, 0.3) is 10.0 Å². The first-order valence-electron chi connectivity index (χ1n) is 7.66. The van der Waals surface area contributed by atoms with E-state index < -0.39 is 22.0 Å². The van der Waals surface area contributed by atoms with E-state index in [0.29, 0.717) is 18.6 Å². The van der Waals surface area contributed by atoms with Gasteiger partial charge in [-0.25, -0.2) is 13.4 Å². The van der Waals surface area contributed by atoms with E-state index in [0.717, 1.165) is 12.8 Å². The lowest BCUT2D eigenvalue weighted by Gasteiger charge is -2.33. The molecule has 9 heteroatoms. The highest BCUT2D eigenvalue weighted by atomic mass is 35.5. The first-order chi connectivity index (χ1) is 11.4. The molecule has 7 nitrogen and oxygen atoms in total. The highest BCUT2D eigenvalue weighted by molar-refractivity contribution is 7.89. The monoisotopic (exact) mass is 371 g/mol. The number of aromatic nitrogens is 2. The number of hydrogen-bond donors (Lipinski definition) is 0. The molecule has 1 atom stereocenters. The quantitative estimate of drug-likeness (QED) is 0.769. The first kappa shape index (κ1) is 17.2. The number of piperidine rings is 1. The molecule has 0 spiro atoms. The van der Waals surface area contributed by atoms with Gasteiger partial charge in [0, 0.05) is 18.8 Å². The summed E-state index contributed by atoms with van der Waals surface area (Å²) in [6, 6.07) is 4.73. The summed E-state index contributed by atoms with van der Waals surface area (Å²) in [7, 11) is -2.59. The van der Waals surface area contributed by atoms with Crippen LogP contribution in [-0.4, -0.2) is 47.8 Å². The summed E-state index contributed by atoms with van der Waals surface area (Å²) in [5.41, 5.74) is 0.461. The van der Waals surface area contributed by atoms with Crippen LogP contribution in [0.1, 0.15) is 25.7 Å². The maximum atomic E-state index is 13.2. The Kier molecular flexibility index (Phi) is 4.80. The normalized spacial score (nSPS) is 19.5. The number of sulfonamides is 1. The van der Waals surface area contributed by atoms with E-state index in [1.54, 1.807) is 24.4 Å². The Balaban J connectivity index is 2.04. The van der Waals surface area contributed by atoms with Crippen molar-refractivity contribution in [2.45, 2.75) is 36.8 Å². The second-order valence-electron chi connectivity index (χ2n) is 5.68. The van der Waals surface area contributed by atoms with Crippen LogP contribution in [0.15, 0.2) is 29.4 Å². The van der Waals surface area contributed by atoms with Crippen LogP contribution in [0.5, 0.6) is 0 Å². The maximum absolute atomic E-state index is 13.2. The number of ether oxygens (including phenoxy) is 1. The fourth-order valence-corrected chi connectivity index (χ4v) is 5.35. The molecule has 0 aliphatic carbocycles. The lowest BCUT2D eigenvalue weighted by atomic mass is 10.0. The van der Waals surface area contributed by atoms with Gasteiger partial charge in [-0.15, -0.1) is 0 Å². The van der Waals surface area contributed by atoms with Crippen molar-refractivity contribution in [3.63, 3.8) is 0 Å². The Morgan fingerprint density at radius 1 is 1.42 bits per heavy atom. The van der Waals surface area contributed by atoms with Gasteiger partial charge in [-0.3, -0.25) is 9.20 Å². The van der Waals surface area contributed by atoms with Crippen molar-refractivity contribution in [2.75, 3.05) is 13.7 Å². The molecule has 2 aromatic heterocycles. The topological polar surface area (TPSA) is 81.0 Å². The van der Waals surface area contributed by atoms with E-state index >= 15 is 0 Å². The van der Waals surface area contributed by atoms with Crippen LogP contribution in [0.2, 0.25) is 5.15 Å². The van der Waals surface area contributed by atoms with E-state index in [9.17, 15) is 13.2 Å². The second-order valence-corrected chi connectivity index (χ2v) is 7.85. The molecule has 0 radical (unpaired) electrons. The van der Waals surface area contributed by atoms with Gasteiger partial charge in [0.1, 0.15) is 5.65 Å². The van der Waals surface area contributed by atoms with Crippen molar-refractivity contribution in [3.8, 4) is 0 Å². The number of halogens is 1. The zero-order valence-corrected chi connectivity index (χ0v) is 14.8. The molecule has 0 unspecified atom stereocenters. The molecule has 0 bridgehead atoms. The maximum Gasteiger partial charge on any atom is 0.307 e. The van der Waals surface area contributed by atoms with Gasteiger partial charge in [0.2, 0.25) is 0 Å². The fraction of sp³-hybridized carbons (Fsp3) is 0.467. The summed E-state index contributed by atoms with van der Waals surface area (Å²) in [4.78, 5) is 15.7. The number of nitrogens with zero attached hydrogens (tertiary/aromatic N) is 3. The predicted octanol–water partition coefficient (Wildman–Crippen LogP) is 2.09. The van der Waals surface area contributed by atoms with Gasteiger partial charge < -0.3 is 4.74 Å². The standard InChI is InChI=1S/C15H18ClN3O4S/c1-23-13(20)10-11-6-2-5-9-19(11)24(21,22)15-14(16)17-12-7-3-4-8-18(12)15/h3-4,7-8,11H,2,5-6,9-10H2,1H3/t11-/m1/s1. The SMILES string of the molecule is COC(=O)C[C@H]1CCCCN1S(=O)(=O)c1c(Cl)nc2ccccn12. The molecule has 3 rings (SSSR count). The number of rotatable bonds is 4. The molecule has 1 fully saturated rings. The Labute approximate surface area is 145 Å². The number of carbonyl (C=O) groups is 1. The average Bonchev–Trinajstić information content (AvgIpc) is 2.91. The average molecular weight is 372 g/mol. The van der Waals surface area contributed by atoms with Crippen molar-refractivity contribution in [1.29, 1.82) is 0 Å². The summed E-state index contributed by atoms with van der Waals surface area (Å²) in [6.07, 6.45) is 3.87. The summed E-state index contributed by atoms with van der Waals surface area (Å²) < 4.78 is 33.9. The van der Waals surface area contributed by atoms with Gasteiger partial charge in [0.05, 0.1) is 13.5 Å². The molecule has 0 aromatic carbocycles. The number of fused-ring (bicyclic) bond motifs is 1. The van der Waals surface area contributed by atoms with Gasteiger partial charge in [-0.1, -0.05) is 24.1 Å². The third-order valence-corrected chi connectivity index (χ3v) is 6.55. The van der Waals surface area contributed by atoms with Crippen LogP contribution in [0.4, 0.5) is 0 Å². The molecule has 1 saturated heterocycles. The van der Waals surface area contributed by atoms with Crippen molar-refractivity contribution in [2.24, 2.45) is 0 Å². The highest BCUT2D eigenvalue weighted by Gasteiger charge is 2.38. The lowest BCUT2D eigenvalue weighted by Crippen LogP contribution is -2.45. The van der Waals surface area contributed by atoms with E-state index in [1.807, 2.05) is 0 Å². The highest BCUT2D eigenvalue weighted by Crippen LogP contribution is 2.31. The molecular formula is C15H18ClN3O4S. The number of pyridine rings is 1. The van der Waals surface area contributed by atoms with E-state index in [2.05, 4.69) is 4.98 Å². The lowest BCUT2D eigenvalue weighted by molar-refractivity contribution is -0.141. The predicted molar refractivity (Wildman–Crippen MR) is 88.4 cm³/mol. The van der Waals surface area contributed by atoms with Crippen LogP contribution in [0.3, 0.4) is 0 Å². The summed E-state index contributed by atoms with van der Waals surface area (Å²) in [5.74, 6) is -0.425. The Hall–Kier alpha value is -1.64. The molecule has 2 aromatic rings. The van der Waals surface area contributed by atoms with Crippen molar-refractivity contribution in [3.05, 3.63) is 29.5 Å². The molecule has 0 saturated carbocycles. The van der Waals surface area contributed by atoms with Crippen LogP contribution in [-0.2, 0) is 19.6 Å². The third-order valence-electron chi connectivity index (χ3n) is 4.20. The largest absolute Gasteiger partial charge is 0.469 e. The minimum Gasteiger partial charge on any atom is -0.469 e. The Bertz CT molecular complexity index is 865. The third kappa shape index (κ3) is 3.01. The molecule has 24 heavy (non-hydrogen) atoms. The van der Waals surface area contributed by atoms with Crippen LogP contribution in [0, 0.1) is 0 Å². The number of carbonyl (C=O) groups excluding carboxylic acids is 1. The van der Waals surface area contributed by atoms with E-state index in [-0.39, 0.29) is 16.6 Å². The molecule has 0 N–H and O–H groups in total. The number of methoxy groups -OCH3 is 1. The van der Waals surface area contributed by atoms with Gasteiger partial charge >= 0.3 is 5.97 Å². The van der Waals surface area contributed by atoms with E-state index in [4.69, 9.17) is 16.3 Å². The minimum atomic E-state index is -3.88. The second kappa shape index (κ2) is 6.70. The Morgan fingerprint density at radius 2 is 2.21 bits per heavy atom. The zero-order chi connectivity index (χ0) is 17.3. The molecule has 3 heterocycles. The molecule has 130 valence electrons. The zero-order valence-electron chi connectivity index (χ0n) is 13.2. The van der Waals surface area contributed by atoms with Crippen molar-refractivity contribution >= 4 is 33.2 Å².